The number of carbonyl (C=O) groups is 2. The molecule has 0 aromatic heterocycles. The largest absolute Gasteiger partial charge is 0.465 e. The highest BCUT2D eigenvalue weighted by Crippen LogP contribution is 2.17. The maximum absolute atomic E-state index is 11.6. The van der Waals surface area contributed by atoms with E-state index >= 15 is 0 Å². The summed E-state index contributed by atoms with van der Waals surface area (Å²) in [4.78, 5) is 22.6. The van der Waals surface area contributed by atoms with Gasteiger partial charge in [0, 0.05) is 5.69 Å². The smallest absolute Gasteiger partial charge is 0.325 e. The van der Waals surface area contributed by atoms with Crippen LogP contribution in [0.25, 0.3) is 0 Å². The Balaban J connectivity index is 2.50. The quantitative estimate of drug-likeness (QED) is 0.803. The zero-order chi connectivity index (χ0) is 13.5. The average Bonchev–Trinajstić information content (AvgIpc) is 2.33. The van der Waals surface area contributed by atoms with Crippen molar-refractivity contribution in [2.45, 2.75) is 20.8 Å². The molecule has 1 aromatic carbocycles. The lowest BCUT2D eigenvalue weighted by Crippen LogP contribution is -2.34. The molecule has 98 valence electrons. The molecule has 0 atom stereocenters. The van der Waals surface area contributed by atoms with Crippen LogP contribution in [0.2, 0.25) is 0 Å². The van der Waals surface area contributed by atoms with Crippen molar-refractivity contribution in [1.82, 2.24) is 5.32 Å². The molecule has 0 spiro atoms. The van der Waals surface area contributed by atoms with Gasteiger partial charge in [-0.15, -0.1) is 0 Å². The SMILES string of the molecule is CCOC(=O)CNC(=O)Nc1cccc(C)c1C. The molecule has 0 saturated heterocycles. The number of aryl methyl sites for hydroxylation is 1. The molecule has 0 aliphatic carbocycles. The van der Waals surface area contributed by atoms with E-state index in [1.165, 1.54) is 0 Å². The number of anilines is 1. The van der Waals surface area contributed by atoms with Crippen LogP contribution in [-0.2, 0) is 9.53 Å². The summed E-state index contributed by atoms with van der Waals surface area (Å²) in [6.45, 7) is 5.78. The molecule has 0 fully saturated rings. The number of esters is 1. The molecule has 2 N–H and O–H groups in total. The third-order valence-electron chi connectivity index (χ3n) is 2.55. The van der Waals surface area contributed by atoms with Crippen molar-refractivity contribution in [2.75, 3.05) is 18.5 Å². The van der Waals surface area contributed by atoms with E-state index in [1.807, 2.05) is 32.0 Å². The summed E-state index contributed by atoms with van der Waals surface area (Å²) < 4.78 is 4.70. The summed E-state index contributed by atoms with van der Waals surface area (Å²) in [7, 11) is 0. The van der Waals surface area contributed by atoms with Gasteiger partial charge in [-0.25, -0.2) is 4.79 Å². The van der Waals surface area contributed by atoms with Crippen molar-refractivity contribution in [1.29, 1.82) is 0 Å². The lowest BCUT2D eigenvalue weighted by atomic mass is 10.1. The Morgan fingerprint density at radius 1 is 1.28 bits per heavy atom. The number of rotatable bonds is 4. The molecule has 2 amide bonds. The minimum Gasteiger partial charge on any atom is -0.465 e. The van der Waals surface area contributed by atoms with E-state index in [-0.39, 0.29) is 6.54 Å². The number of benzene rings is 1. The lowest BCUT2D eigenvalue weighted by Gasteiger charge is -2.11. The highest BCUT2D eigenvalue weighted by atomic mass is 16.5. The van der Waals surface area contributed by atoms with Crippen LogP contribution in [0.5, 0.6) is 0 Å². The van der Waals surface area contributed by atoms with Gasteiger partial charge in [-0.2, -0.15) is 0 Å². The van der Waals surface area contributed by atoms with Gasteiger partial charge in [-0.1, -0.05) is 12.1 Å². The normalized spacial score (nSPS) is 9.72. The first-order valence-corrected chi connectivity index (χ1v) is 5.81. The molecule has 0 bridgehead atoms. The van der Waals surface area contributed by atoms with Crippen LogP contribution < -0.4 is 10.6 Å². The van der Waals surface area contributed by atoms with Gasteiger partial charge in [-0.3, -0.25) is 4.79 Å². The number of hydrogen-bond acceptors (Lipinski definition) is 3. The summed E-state index contributed by atoms with van der Waals surface area (Å²) >= 11 is 0. The first-order valence-electron chi connectivity index (χ1n) is 5.81. The molecule has 1 aromatic rings. The molecule has 0 heterocycles. The second kappa shape index (κ2) is 6.64. The first kappa shape index (κ1) is 14.0. The molecular formula is C13H18N2O3. The van der Waals surface area contributed by atoms with Gasteiger partial charge in [0.2, 0.25) is 0 Å². The lowest BCUT2D eigenvalue weighted by molar-refractivity contribution is -0.141. The number of nitrogens with one attached hydrogen (secondary N) is 2. The van der Waals surface area contributed by atoms with E-state index < -0.39 is 12.0 Å². The third-order valence-corrected chi connectivity index (χ3v) is 2.55. The topological polar surface area (TPSA) is 67.4 Å². The fourth-order valence-corrected chi connectivity index (χ4v) is 1.42. The molecule has 0 radical (unpaired) electrons. The highest BCUT2D eigenvalue weighted by Gasteiger charge is 2.07. The van der Waals surface area contributed by atoms with Crippen LogP contribution in [0.15, 0.2) is 18.2 Å². The monoisotopic (exact) mass is 250 g/mol. The van der Waals surface area contributed by atoms with Crippen LogP contribution in [0.4, 0.5) is 10.5 Å². The van der Waals surface area contributed by atoms with Crippen LogP contribution in [0.3, 0.4) is 0 Å². The van der Waals surface area contributed by atoms with Gasteiger partial charge in [0.25, 0.3) is 0 Å². The number of carbonyl (C=O) groups excluding carboxylic acids is 2. The van der Waals surface area contributed by atoms with Gasteiger partial charge in [-0.05, 0) is 38.0 Å². The van der Waals surface area contributed by atoms with Gasteiger partial charge >= 0.3 is 12.0 Å². The Bertz CT molecular complexity index is 444. The number of ether oxygens (including phenoxy) is 1. The Labute approximate surface area is 107 Å². The molecule has 0 unspecified atom stereocenters. The fraction of sp³-hybridized carbons (Fsp3) is 0.385. The Hall–Kier alpha value is -2.04. The number of hydrogen-bond donors (Lipinski definition) is 2. The van der Waals surface area contributed by atoms with E-state index in [4.69, 9.17) is 4.74 Å². The Morgan fingerprint density at radius 3 is 2.67 bits per heavy atom. The van der Waals surface area contributed by atoms with Crippen LogP contribution in [0, 0.1) is 13.8 Å². The molecule has 0 aliphatic rings. The average molecular weight is 250 g/mol. The molecule has 5 heteroatoms. The number of urea groups is 1. The fourth-order valence-electron chi connectivity index (χ4n) is 1.42. The number of amides is 2. The van der Waals surface area contributed by atoms with Crippen LogP contribution in [0.1, 0.15) is 18.1 Å². The Morgan fingerprint density at radius 2 is 2.00 bits per heavy atom. The van der Waals surface area contributed by atoms with Gasteiger partial charge in [0.15, 0.2) is 0 Å². The molecular weight excluding hydrogens is 232 g/mol. The highest BCUT2D eigenvalue weighted by molar-refractivity contribution is 5.92. The molecule has 1 rings (SSSR count). The summed E-state index contributed by atoms with van der Waals surface area (Å²) in [5.74, 6) is -0.450. The van der Waals surface area contributed by atoms with E-state index in [9.17, 15) is 9.59 Å². The predicted octanol–water partition coefficient (Wildman–Crippen LogP) is 1.99. The van der Waals surface area contributed by atoms with Crippen LogP contribution in [-0.4, -0.2) is 25.2 Å². The van der Waals surface area contributed by atoms with Gasteiger partial charge < -0.3 is 15.4 Å². The zero-order valence-electron chi connectivity index (χ0n) is 10.9. The minimum absolute atomic E-state index is 0.134. The molecule has 18 heavy (non-hydrogen) atoms. The van der Waals surface area contributed by atoms with Gasteiger partial charge in [0.05, 0.1) is 6.61 Å². The van der Waals surface area contributed by atoms with Crippen molar-refractivity contribution >= 4 is 17.7 Å². The zero-order valence-corrected chi connectivity index (χ0v) is 10.9. The second-order valence-electron chi connectivity index (χ2n) is 3.86. The maximum Gasteiger partial charge on any atom is 0.325 e. The summed E-state index contributed by atoms with van der Waals surface area (Å²) in [5.41, 5.74) is 2.83. The van der Waals surface area contributed by atoms with Crippen molar-refractivity contribution in [3.63, 3.8) is 0 Å². The maximum atomic E-state index is 11.6. The third kappa shape index (κ3) is 4.08. The van der Waals surface area contributed by atoms with Crippen molar-refractivity contribution in [3.8, 4) is 0 Å². The van der Waals surface area contributed by atoms with Crippen molar-refractivity contribution in [3.05, 3.63) is 29.3 Å². The van der Waals surface area contributed by atoms with E-state index in [0.717, 1.165) is 16.8 Å². The first-order chi connectivity index (χ1) is 8.54. The molecule has 0 aliphatic heterocycles. The van der Waals surface area contributed by atoms with E-state index in [1.54, 1.807) is 6.92 Å². The second-order valence-corrected chi connectivity index (χ2v) is 3.86. The van der Waals surface area contributed by atoms with Crippen molar-refractivity contribution in [2.24, 2.45) is 0 Å². The van der Waals surface area contributed by atoms with E-state index in [0.29, 0.717) is 6.61 Å². The molecule has 0 saturated carbocycles. The predicted molar refractivity (Wildman–Crippen MR) is 69.6 cm³/mol. The summed E-state index contributed by atoms with van der Waals surface area (Å²) in [6.07, 6.45) is 0. The Kier molecular flexibility index (Phi) is 5.17. The van der Waals surface area contributed by atoms with E-state index in [2.05, 4.69) is 10.6 Å². The van der Waals surface area contributed by atoms with Crippen LogP contribution >= 0.6 is 0 Å². The summed E-state index contributed by atoms with van der Waals surface area (Å²) in [6, 6.07) is 5.23. The molecule has 5 nitrogen and oxygen atoms in total. The van der Waals surface area contributed by atoms with Gasteiger partial charge in [0.1, 0.15) is 6.54 Å². The standard InChI is InChI=1S/C13H18N2O3/c1-4-18-12(16)8-14-13(17)15-11-7-5-6-9(2)10(11)3/h5-7H,4,8H2,1-3H3,(H2,14,15,17). The van der Waals surface area contributed by atoms with Crippen molar-refractivity contribution < 1.29 is 14.3 Å². The minimum atomic E-state index is -0.450. The summed E-state index contributed by atoms with van der Waals surface area (Å²) in [5, 5.41) is 5.13.